The van der Waals surface area contributed by atoms with Crippen LogP contribution in [0.25, 0.3) is 0 Å². The van der Waals surface area contributed by atoms with E-state index in [4.69, 9.17) is 10.2 Å². The van der Waals surface area contributed by atoms with Gasteiger partial charge in [0.15, 0.2) is 0 Å². The van der Waals surface area contributed by atoms with Crippen molar-refractivity contribution in [2.24, 2.45) is 0 Å². The molecule has 0 aliphatic carbocycles. The summed E-state index contributed by atoms with van der Waals surface area (Å²) in [6, 6.07) is 0. The van der Waals surface area contributed by atoms with E-state index in [2.05, 4.69) is 23.6 Å². The summed E-state index contributed by atoms with van der Waals surface area (Å²) < 4.78 is 0. The third kappa shape index (κ3) is 16.3. The average Bonchev–Trinajstić information content (AvgIpc) is 2.29. The number of rotatable bonds is 8. The smallest absolute Gasteiger partial charge is 0.0443 e. The molecule has 0 aromatic carbocycles. The van der Waals surface area contributed by atoms with E-state index in [9.17, 15) is 0 Å². The van der Waals surface area contributed by atoms with Crippen molar-refractivity contribution >= 4 is 0 Å². The van der Waals surface area contributed by atoms with Crippen molar-refractivity contribution in [1.29, 1.82) is 0 Å². The maximum absolute atomic E-state index is 8.48. The van der Waals surface area contributed by atoms with Crippen LogP contribution in [0.5, 0.6) is 0 Å². The second-order valence-electron chi connectivity index (χ2n) is 3.98. The molecule has 0 radical (unpaired) electrons. The van der Waals surface area contributed by atoms with Crippen LogP contribution in [-0.2, 0) is 0 Å². The highest BCUT2D eigenvalue weighted by atomic mass is 16.3. The standard InChI is InChI=1S/C7H17NO.C5H13NO/c1-3-8(4-2)6-5-7-9;1-6(2)4-3-5-7/h9H,3-7H2,1-2H3;7H,3-5H2,1-2H3. The van der Waals surface area contributed by atoms with E-state index in [1.165, 1.54) is 0 Å². The molecule has 4 nitrogen and oxygen atoms in total. The van der Waals surface area contributed by atoms with Crippen molar-refractivity contribution in [2.75, 3.05) is 53.5 Å². The molecule has 0 aromatic heterocycles. The van der Waals surface area contributed by atoms with Crippen molar-refractivity contribution in [3.05, 3.63) is 0 Å². The van der Waals surface area contributed by atoms with E-state index in [0.717, 1.165) is 39.0 Å². The van der Waals surface area contributed by atoms with Crippen molar-refractivity contribution in [2.45, 2.75) is 26.7 Å². The molecule has 0 heterocycles. The third-order valence-electron chi connectivity index (χ3n) is 2.29. The topological polar surface area (TPSA) is 46.9 Å². The summed E-state index contributed by atoms with van der Waals surface area (Å²) >= 11 is 0. The largest absolute Gasteiger partial charge is 0.396 e. The lowest BCUT2D eigenvalue weighted by atomic mass is 10.4. The lowest BCUT2D eigenvalue weighted by molar-refractivity contribution is 0.236. The Morgan fingerprint density at radius 2 is 1.25 bits per heavy atom. The summed E-state index contributed by atoms with van der Waals surface area (Å²) in [5.74, 6) is 0. The second kappa shape index (κ2) is 14.8. The normalized spacial score (nSPS) is 10.5. The highest BCUT2D eigenvalue weighted by Crippen LogP contribution is 1.88. The maximum atomic E-state index is 8.48. The van der Waals surface area contributed by atoms with E-state index >= 15 is 0 Å². The van der Waals surface area contributed by atoms with Gasteiger partial charge in [-0.2, -0.15) is 0 Å². The summed E-state index contributed by atoms with van der Waals surface area (Å²) in [7, 11) is 3.99. The van der Waals surface area contributed by atoms with Gasteiger partial charge in [0, 0.05) is 19.8 Å². The molecule has 0 fully saturated rings. The highest BCUT2D eigenvalue weighted by molar-refractivity contribution is 4.50. The van der Waals surface area contributed by atoms with Gasteiger partial charge in [-0.3, -0.25) is 0 Å². The van der Waals surface area contributed by atoms with Crippen molar-refractivity contribution in [3.8, 4) is 0 Å². The second-order valence-corrected chi connectivity index (χ2v) is 3.98. The molecule has 0 aromatic rings. The van der Waals surface area contributed by atoms with Gasteiger partial charge < -0.3 is 20.0 Å². The molecule has 2 N–H and O–H groups in total. The van der Waals surface area contributed by atoms with Gasteiger partial charge in [-0.05, 0) is 46.6 Å². The fourth-order valence-electron chi connectivity index (χ4n) is 1.22. The molecule has 0 saturated heterocycles. The van der Waals surface area contributed by atoms with Crippen LogP contribution in [0, 0.1) is 0 Å². The zero-order valence-corrected chi connectivity index (χ0v) is 11.4. The number of hydrogen-bond donors (Lipinski definition) is 2. The van der Waals surface area contributed by atoms with Crippen LogP contribution in [-0.4, -0.2) is 73.5 Å². The highest BCUT2D eigenvalue weighted by Gasteiger charge is 1.95. The Labute approximate surface area is 101 Å². The Bertz CT molecular complexity index is 118. The summed E-state index contributed by atoms with van der Waals surface area (Å²) in [5, 5.41) is 16.8. The van der Waals surface area contributed by atoms with Gasteiger partial charge >= 0.3 is 0 Å². The number of nitrogens with zero attached hydrogens (tertiary/aromatic N) is 2. The first kappa shape index (κ1) is 18.2. The molecule has 0 saturated carbocycles. The summed E-state index contributed by atoms with van der Waals surface area (Å²) in [5.41, 5.74) is 0. The molecule has 0 spiro atoms. The average molecular weight is 234 g/mol. The first-order valence-corrected chi connectivity index (χ1v) is 6.21. The van der Waals surface area contributed by atoms with Gasteiger partial charge in [0.05, 0.1) is 0 Å². The summed E-state index contributed by atoms with van der Waals surface area (Å²) in [4.78, 5) is 4.35. The Morgan fingerprint density at radius 3 is 1.50 bits per heavy atom. The van der Waals surface area contributed by atoms with E-state index in [1.54, 1.807) is 0 Å². The van der Waals surface area contributed by atoms with E-state index in [1.807, 2.05) is 14.1 Å². The molecule has 0 aliphatic rings. The molecule has 0 rings (SSSR count). The van der Waals surface area contributed by atoms with Crippen LogP contribution in [0.4, 0.5) is 0 Å². The predicted octanol–water partition coefficient (Wildman–Crippen LogP) is 0.641. The first-order chi connectivity index (χ1) is 7.62. The number of hydrogen-bond acceptors (Lipinski definition) is 4. The zero-order chi connectivity index (χ0) is 12.8. The van der Waals surface area contributed by atoms with Gasteiger partial charge in [-0.15, -0.1) is 0 Å². The van der Waals surface area contributed by atoms with E-state index in [0.29, 0.717) is 13.2 Å². The molecule has 4 heteroatoms. The SMILES string of the molecule is CCN(CC)CCCO.CN(C)CCCO. The number of aliphatic hydroxyl groups is 2. The monoisotopic (exact) mass is 234 g/mol. The lowest BCUT2D eigenvalue weighted by Crippen LogP contribution is -2.24. The Balaban J connectivity index is 0. The predicted molar refractivity (Wildman–Crippen MR) is 69.7 cm³/mol. The Hall–Kier alpha value is -0.160. The molecule has 16 heavy (non-hydrogen) atoms. The zero-order valence-electron chi connectivity index (χ0n) is 11.4. The van der Waals surface area contributed by atoms with Crippen molar-refractivity contribution in [1.82, 2.24) is 9.80 Å². The summed E-state index contributed by atoms with van der Waals surface area (Å²) in [6.45, 7) is 9.10. The number of aliphatic hydroxyl groups excluding tert-OH is 2. The van der Waals surface area contributed by atoms with Crippen molar-refractivity contribution in [3.63, 3.8) is 0 Å². The quantitative estimate of drug-likeness (QED) is 0.647. The van der Waals surface area contributed by atoms with Crippen LogP contribution in [0.2, 0.25) is 0 Å². The fourth-order valence-corrected chi connectivity index (χ4v) is 1.22. The molecular weight excluding hydrogens is 204 g/mol. The minimum absolute atomic E-state index is 0.304. The van der Waals surface area contributed by atoms with Gasteiger partial charge in [0.1, 0.15) is 0 Å². The summed E-state index contributed by atoms with van der Waals surface area (Å²) in [6.07, 6.45) is 1.79. The van der Waals surface area contributed by atoms with Crippen LogP contribution < -0.4 is 0 Å². The minimum Gasteiger partial charge on any atom is -0.396 e. The Kier molecular flexibility index (Phi) is 16.9. The fraction of sp³-hybridized carbons (Fsp3) is 1.00. The molecule has 0 bridgehead atoms. The van der Waals surface area contributed by atoms with E-state index < -0.39 is 0 Å². The molecule has 100 valence electrons. The Morgan fingerprint density at radius 1 is 0.812 bits per heavy atom. The molecule has 0 unspecified atom stereocenters. The minimum atomic E-state index is 0.304. The van der Waals surface area contributed by atoms with Crippen LogP contribution >= 0.6 is 0 Å². The first-order valence-electron chi connectivity index (χ1n) is 6.21. The van der Waals surface area contributed by atoms with Gasteiger partial charge in [-0.1, -0.05) is 13.8 Å². The van der Waals surface area contributed by atoms with Crippen LogP contribution in [0.3, 0.4) is 0 Å². The lowest BCUT2D eigenvalue weighted by Gasteiger charge is -2.16. The molecular formula is C12H30N2O2. The van der Waals surface area contributed by atoms with Crippen LogP contribution in [0.15, 0.2) is 0 Å². The molecule has 0 amide bonds. The van der Waals surface area contributed by atoms with Gasteiger partial charge in [0.25, 0.3) is 0 Å². The van der Waals surface area contributed by atoms with Gasteiger partial charge in [-0.25, -0.2) is 0 Å². The van der Waals surface area contributed by atoms with Crippen molar-refractivity contribution < 1.29 is 10.2 Å². The van der Waals surface area contributed by atoms with Gasteiger partial charge in [0.2, 0.25) is 0 Å². The van der Waals surface area contributed by atoms with E-state index in [-0.39, 0.29) is 0 Å². The molecule has 0 atom stereocenters. The van der Waals surface area contributed by atoms with Crippen LogP contribution in [0.1, 0.15) is 26.7 Å². The maximum Gasteiger partial charge on any atom is 0.0443 e. The molecule has 0 aliphatic heterocycles. The third-order valence-corrected chi connectivity index (χ3v) is 2.29.